The zero-order chi connectivity index (χ0) is 20.3. The van der Waals surface area contributed by atoms with E-state index in [2.05, 4.69) is 10.6 Å². The molecule has 0 spiro atoms. The molecule has 2 N–H and O–H groups in total. The van der Waals surface area contributed by atoms with Crippen molar-refractivity contribution in [3.8, 4) is 0 Å². The molecule has 0 unspecified atom stereocenters. The van der Waals surface area contributed by atoms with Gasteiger partial charge in [-0.3, -0.25) is 13.9 Å². The zero-order valence-electron chi connectivity index (χ0n) is 15.8. The molecule has 2 aromatic rings. The van der Waals surface area contributed by atoms with Crippen LogP contribution < -0.4 is 14.9 Å². The highest BCUT2D eigenvalue weighted by molar-refractivity contribution is 7.92. The first-order valence-electron chi connectivity index (χ1n) is 9.00. The topological polar surface area (TPSA) is 95.6 Å². The van der Waals surface area contributed by atoms with E-state index in [0.29, 0.717) is 5.69 Å². The Bertz CT molecular complexity index is 983. The maximum absolute atomic E-state index is 12.9. The third-order valence-corrected chi connectivity index (χ3v) is 6.29. The molecule has 7 nitrogen and oxygen atoms in total. The van der Waals surface area contributed by atoms with E-state index in [0.717, 1.165) is 18.4 Å². The fourth-order valence-electron chi connectivity index (χ4n) is 2.62. The summed E-state index contributed by atoms with van der Waals surface area (Å²) in [6, 6.07) is 13.1. The molecular formula is C20H23N3O4S. The van der Waals surface area contributed by atoms with Gasteiger partial charge in [-0.15, -0.1) is 0 Å². The molecule has 1 aliphatic rings. The van der Waals surface area contributed by atoms with E-state index >= 15 is 0 Å². The number of aryl methyl sites for hydroxylation is 1. The Morgan fingerprint density at radius 3 is 2.43 bits per heavy atom. The van der Waals surface area contributed by atoms with Gasteiger partial charge in [0.1, 0.15) is 0 Å². The van der Waals surface area contributed by atoms with E-state index in [-0.39, 0.29) is 29.0 Å². The van der Waals surface area contributed by atoms with Crippen molar-refractivity contribution in [1.82, 2.24) is 10.6 Å². The number of nitrogens with zero attached hydrogens (tertiary/aromatic N) is 1. The lowest BCUT2D eigenvalue weighted by Crippen LogP contribution is -2.37. The zero-order valence-corrected chi connectivity index (χ0v) is 16.6. The van der Waals surface area contributed by atoms with Crippen LogP contribution in [-0.2, 0) is 14.8 Å². The van der Waals surface area contributed by atoms with Crippen LogP contribution in [0.1, 0.15) is 28.8 Å². The smallest absolute Gasteiger partial charge is 0.264 e. The number of nitrogens with one attached hydrogen (secondary N) is 2. The molecule has 1 saturated carbocycles. The third kappa shape index (κ3) is 4.69. The summed E-state index contributed by atoms with van der Waals surface area (Å²) in [5.74, 6) is -0.750. The Balaban J connectivity index is 1.72. The van der Waals surface area contributed by atoms with Gasteiger partial charge in [-0.2, -0.15) is 0 Å². The van der Waals surface area contributed by atoms with Gasteiger partial charge in [0.05, 0.1) is 17.1 Å². The minimum Gasteiger partial charge on any atom is -0.352 e. The number of anilines is 1. The van der Waals surface area contributed by atoms with Crippen molar-refractivity contribution in [3.05, 3.63) is 59.7 Å². The molecular weight excluding hydrogens is 378 g/mol. The Labute approximate surface area is 164 Å². The van der Waals surface area contributed by atoms with Gasteiger partial charge in [0, 0.05) is 18.7 Å². The van der Waals surface area contributed by atoms with Crippen LogP contribution in [0.2, 0.25) is 0 Å². The molecule has 28 heavy (non-hydrogen) atoms. The molecule has 2 aromatic carbocycles. The lowest BCUT2D eigenvalue weighted by molar-refractivity contribution is -0.120. The van der Waals surface area contributed by atoms with Gasteiger partial charge in [0.25, 0.3) is 15.9 Å². The lowest BCUT2D eigenvalue weighted by Gasteiger charge is -2.20. The Kier molecular flexibility index (Phi) is 5.69. The third-order valence-electron chi connectivity index (χ3n) is 4.50. The Hall–Kier alpha value is -2.87. The van der Waals surface area contributed by atoms with E-state index in [1.807, 2.05) is 19.1 Å². The minimum atomic E-state index is -3.83. The Morgan fingerprint density at radius 1 is 1.11 bits per heavy atom. The normalized spacial score (nSPS) is 13.6. The maximum Gasteiger partial charge on any atom is 0.264 e. The number of sulfonamides is 1. The molecule has 8 heteroatoms. The molecule has 1 aliphatic carbocycles. The van der Waals surface area contributed by atoms with E-state index in [9.17, 15) is 18.0 Å². The lowest BCUT2D eigenvalue weighted by atomic mass is 10.2. The number of rotatable bonds is 7. The molecule has 1 fully saturated rings. The molecule has 0 bridgehead atoms. The molecule has 0 aliphatic heterocycles. The van der Waals surface area contributed by atoms with Gasteiger partial charge in [-0.1, -0.05) is 23.8 Å². The van der Waals surface area contributed by atoms with Crippen LogP contribution in [0.4, 0.5) is 5.69 Å². The summed E-state index contributed by atoms with van der Waals surface area (Å²) in [6.45, 7) is 1.78. The van der Waals surface area contributed by atoms with E-state index < -0.39 is 15.9 Å². The van der Waals surface area contributed by atoms with Crippen LogP contribution in [-0.4, -0.2) is 39.9 Å². The summed E-state index contributed by atoms with van der Waals surface area (Å²) in [5.41, 5.74) is 1.73. The number of carbonyl (C=O) groups is 2. The molecule has 0 radical (unpaired) electrons. The highest BCUT2D eigenvalue weighted by atomic mass is 32.2. The fourth-order valence-corrected chi connectivity index (χ4v) is 3.86. The van der Waals surface area contributed by atoms with Crippen molar-refractivity contribution >= 4 is 27.5 Å². The number of hydrogen-bond donors (Lipinski definition) is 2. The SMILES string of the molecule is Cc1ccc(N(C)S(=O)(=O)c2cccc(C(=O)NCC(=O)NC3CC3)c2)cc1. The summed E-state index contributed by atoms with van der Waals surface area (Å²) in [5, 5.41) is 5.30. The van der Waals surface area contributed by atoms with Gasteiger partial charge in [-0.25, -0.2) is 8.42 Å². The van der Waals surface area contributed by atoms with Gasteiger partial charge in [0.15, 0.2) is 0 Å². The number of hydrogen-bond acceptors (Lipinski definition) is 4. The first-order chi connectivity index (χ1) is 13.3. The van der Waals surface area contributed by atoms with E-state index in [1.54, 1.807) is 12.1 Å². The molecule has 148 valence electrons. The number of benzene rings is 2. The van der Waals surface area contributed by atoms with Gasteiger partial charge >= 0.3 is 0 Å². The van der Waals surface area contributed by atoms with Crippen molar-refractivity contribution in [2.75, 3.05) is 17.9 Å². The average molecular weight is 401 g/mol. The second-order valence-electron chi connectivity index (χ2n) is 6.86. The summed E-state index contributed by atoms with van der Waals surface area (Å²) in [6.07, 6.45) is 1.93. The van der Waals surface area contributed by atoms with Gasteiger partial charge < -0.3 is 10.6 Å². The first-order valence-corrected chi connectivity index (χ1v) is 10.4. The summed E-state index contributed by atoms with van der Waals surface area (Å²) in [4.78, 5) is 24.0. The van der Waals surface area contributed by atoms with Crippen molar-refractivity contribution in [1.29, 1.82) is 0 Å². The molecule has 3 rings (SSSR count). The quantitative estimate of drug-likeness (QED) is 0.740. The predicted octanol–water partition coefficient (Wildman–Crippen LogP) is 1.83. The summed E-state index contributed by atoms with van der Waals surface area (Å²) >= 11 is 0. The highest BCUT2D eigenvalue weighted by Gasteiger charge is 2.24. The van der Waals surface area contributed by atoms with Crippen molar-refractivity contribution in [3.63, 3.8) is 0 Å². The summed E-state index contributed by atoms with van der Waals surface area (Å²) < 4.78 is 27.0. The molecule has 0 aromatic heterocycles. The second-order valence-corrected chi connectivity index (χ2v) is 8.83. The minimum absolute atomic E-state index is 0.00524. The van der Waals surface area contributed by atoms with Crippen molar-refractivity contribution in [2.24, 2.45) is 0 Å². The summed E-state index contributed by atoms with van der Waals surface area (Å²) in [7, 11) is -2.36. The van der Waals surface area contributed by atoms with E-state index in [4.69, 9.17) is 0 Å². The first kappa shape index (κ1) is 19.9. The largest absolute Gasteiger partial charge is 0.352 e. The van der Waals surface area contributed by atoms with Crippen LogP contribution in [0.15, 0.2) is 53.4 Å². The predicted molar refractivity (Wildman–Crippen MR) is 107 cm³/mol. The number of carbonyl (C=O) groups excluding carboxylic acids is 2. The fraction of sp³-hybridized carbons (Fsp3) is 0.300. The van der Waals surface area contributed by atoms with Crippen LogP contribution >= 0.6 is 0 Å². The van der Waals surface area contributed by atoms with Crippen LogP contribution in [0.5, 0.6) is 0 Å². The van der Waals surface area contributed by atoms with Gasteiger partial charge in [0.2, 0.25) is 5.91 Å². The van der Waals surface area contributed by atoms with Crippen molar-refractivity contribution < 1.29 is 18.0 Å². The molecule has 0 atom stereocenters. The Morgan fingerprint density at radius 2 is 1.79 bits per heavy atom. The molecule has 0 saturated heterocycles. The van der Waals surface area contributed by atoms with Crippen LogP contribution in [0.3, 0.4) is 0 Å². The van der Waals surface area contributed by atoms with Crippen LogP contribution in [0, 0.1) is 6.92 Å². The highest BCUT2D eigenvalue weighted by Crippen LogP contribution is 2.23. The molecule has 2 amide bonds. The van der Waals surface area contributed by atoms with E-state index in [1.165, 1.54) is 35.6 Å². The maximum atomic E-state index is 12.9. The average Bonchev–Trinajstić information content (AvgIpc) is 3.50. The second kappa shape index (κ2) is 8.02. The van der Waals surface area contributed by atoms with Gasteiger partial charge in [-0.05, 0) is 50.1 Å². The number of amides is 2. The standard InChI is InChI=1S/C20H23N3O4S/c1-14-6-10-17(11-7-14)23(2)28(26,27)18-5-3-4-15(12-18)20(25)21-13-19(24)22-16-8-9-16/h3-7,10-12,16H,8-9,13H2,1-2H3,(H,21,25)(H,22,24). The van der Waals surface area contributed by atoms with Crippen molar-refractivity contribution in [2.45, 2.75) is 30.7 Å². The molecule has 0 heterocycles. The monoisotopic (exact) mass is 401 g/mol. The van der Waals surface area contributed by atoms with Crippen LogP contribution in [0.25, 0.3) is 0 Å².